The van der Waals surface area contributed by atoms with Crippen molar-refractivity contribution in [1.29, 1.82) is 0 Å². The number of hydrogen-bond acceptors (Lipinski definition) is 7. The van der Waals surface area contributed by atoms with Crippen LogP contribution in [0.4, 0.5) is 10.8 Å². The van der Waals surface area contributed by atoms with Crippen molar-refractivity contribution in [3.63, 3.8) is 0 Å². The van der Waals surface area contributed by atoms with Crippen LogP contribution in [-0.2, 0) is 9.59 Å². The van der Waals surface area contributed by atoms with E-state index in [4.69, 9.17) is 4.74 Å². The summed E-state index contributed by atoms with van der Waals surface area (Å²) in [6, 6.07) is 11.4. The van der Waals surface area contributed by atoms with Crippen molar-refractivity contribution in [1.82, 2.24) is 9.97 Å². The summed E-state index contributed by atoms with van der Waals surface area (Å²) >= 11 is 3.01. The highest BCUT2D eigenvalue weighted by Crippen LogP contribution is 2.32. The second-order valence-electron chi connectivity index (χ2n) is 7.13. The van der Waals surface area contributed by atoms with Gasteiger partial charge in [0.25, 0.3) is 0 Å². The van der Waals surface area contributed by atoms with Crippen LogP contribution >= 0.6 is 22.7 Å². The quantitative estimate of drug-likeness (QED) is 0.516. The van der Waals surface area contributed by atoms with Crippen LogP contribution in [0.2, 0.25) is 0 Å². The molecule has 2 amide bonds. The standard InChI is InChI=1S/C21H18N4O3S2/c1-11-22-16-8-13(3-6-17(16)29-11)25-10-12(7-19(25)26)20(27)24-21-23-15-5-4-14(28-2)9-18(15)30-21/h3-6,8-9,12H,7,10H2,1-2H3,(H,23,24,27). The molecule has 9 heteroatoms. The summed E-state index contributed by atoms with van der Waals surface area (Å²) in [4.78, 5) is 36.0. The Bertz CT molecular complexity index is 1300. The molecule has 0 aliphatic carbocycles. The first kappa shape index (κ1) is 19.0. The SMILES string of the molecule is COc1ccc2nc(NC(=O)C3CC(=O)N(c4ccc5sc(C)nc5c4)C3)sc2c1. The molecule has 2 aromatic carbocycles. The van der Waals surface area contributed by atoms with E-state index in [9.17, 15) is 9.59 Å². The van der Waals surface area contributed by atoms with E-state index in [0.717, 1.165) is 36.9 Å². The molecule has 1 fully saturated rings. The molecule has 0 bridgehead atoms. The maximum Gasteiger partial charge on any atom is 0.231 e. The van der Waals surface area contributed by atoms with Gasteiger partial charge in [0, 0.05) is 18.7 Å². The number of carbonyl (C=O) groups is 2. The highest BCUT2D eigenvalue weighted by molar-refractivity contribution is 7.22. The second kappa shape index (κ2) is 7.33. The molecule has 152 valence electrons. The molecule has 30 heavy (non-hydrogen) atoms. The summed E-state index contributed by atoms with van der Waals surface area (Å²) in [5, 5.41) is 4.38. The van der Waals surface area contributed by atoms with Gasteiger partial charge in [0.15, 0.2) is 5.13 Å². The summed E-state index contributed by atoms with van der Waals surface area (Å²) in [7, 11) is 1.61. The van der Waals surface area contributed by atoms with Gasteiger partial charge in [0.1, 0.15) is 5.75 Å². The molecule has 2 aromatic heterocycles. The number of thiazole rings is 2. The number of anilines is 2. The van der Waals surface area contributed by atoms with Gasteiger partial charge in [0.2, 0.25) is 11.8 Å². The van der Waals surface area contributed by atoms with E-state index in [-0.39, 0.29) is 18.2 Å². The molecule has 7 nitrogen and oxygen atoms in total. The van der Waals surface area contributed by atoms with Crippen LogP contribution < -0.4 is 15.0 Å². The number of rotatable bonds is 4. The highest BCUT2D eigenvalue weighted by atomic mass is 32.1. The first-order chi connectivity index (χ1) is 14.5. The summed E-state index contributed by atoms with van der Waals surface area (Å²) in [6.07, 6.45) is 0.179. The zero-order valence-electron chi connectivity index (χ0n) is 16.3. The minimum Gasteiger partial charge on any atom is -0.497 e. The molecule has 1 aliphatic heterocycles. The van der Waals surface area contributed by atoms with Crippen LogP contribution in [0.5, 0.6) is 5.75 Å². The molecule has 3 heterocycles. The molecule has 0 radical (unpaired) electrons. The zero-order valence-corrected chi connectivity index (χ0v) is 18.0. The van der Waals surface area contributed by atoms with Gasteiger partial charge in [-0.15, -0.1) is 11.3 Å². The molecule has 0 spiro atoms. The predicted molar refractivity (Wildman–Crippen MR) is 120 cm³/mol. The fraction of sp³-hybridized carbons (Fsp3) is 0.238. The summed E-state index contributed by atoms with van der Waals surface area (Å²) in [5.41, 5.74) is 2.45. The van der Waals surface area contributed by atoms with Gasteiger partial charge in [-0.25, -0.2) is 9.97 Å². The fourth-order valence-electron chi connectivity index (χ4n) is 3.62. The van der Waals surface area contributed by atoms with E-state index in [0.29, 0.717) is 11.7 Å². The third kappa shape index (κ3) is 3.40. The Balaban J connectivity index is 1.32. The Morgan fingerprint density at radius 2 is 2.00 bits per heavy atom. The number of methoxy groups -OCH3 is 1. The second-order valence-corrected chi connectivity index (χ2v) is 9.40. The van der Waals surface area contributed by atoms with Crippen molar-refractivity contribution < 1.29 is 14.3 Å². The number of fused-ring (bicyclic) bond motifs is 2. The highest BCUT2D eigenvalue weighted by Gasteiger charge is 2.35. The molecule has 1 unspecified atom stereocenters. The van der Waals surface area contributed by atoms with Crippen LogP contribution in [0.15, 0.2) is 36.4 Å². The van der Waals surface area contributed by atoms with Crippen molar-refractivity contribution in [3.8, 4) is 5.75 Å². The molecule has 1 N–H and O–H groups in total. The zero-order chi connectivity index (χ0) is 20.8. The number of nitrogens with zero attached hydrogens (tertiary/aromatic N) is 3. The number of benzene rings is 2. The van der Waals surface area contributed by atoms with Gasteiger partial charge in [0.05, 0.1) is 38.5 Å². The summed E-state index contributed by atoms with van der Waals surface area (Å²) < 4.78 is 7.25. The monoisotopic (exact) mass is 438 g/mol. The van der Waals surface area contributed by atoms with Gasteiger partial charge in [-0.3, -0.25) is 9.59 Å². The first-order valence-corrected chi connectivity index (χ1v) is 11.1. The molecule has 1 atom stereocenters. The van der Waals surface area contributed by atoms with E-state index in [2.05, 4.69) is 15.3 Å². The number of hydrogen-bond donors (Lipinski definition) is 1. The number of amides is 2. The lowest BCUT2D eigenvalue weighted by atomic mass is 10.1. The molecular formula is C21H18N4O3S2. The molecule has 0 saturated carbocycles. The number of ether oxygens (including phenoxy) is 1. The van der Waals surface area contributed by atoms with Crippen LogP contribution in [0, 0.1) is 12.8 Å². The van der Waals surface area contributed by atoms with Crippen LogP contribution in [0.25, 0.3) is 20.4 Å². The van der Waals surface area contributed by atoms with Crippen molar-refractivity contribution in [2.75, 3.05) is 23.9 Å². The van der Waals surface area contributed by atoms with Crippen molar-refractivity contribution in [3.05, 3.63) is 41.4 Å². The van der Waals surface area contributed by atoms with Crippen molar-refractivity contribution >= 4 is 65.7 Å². The smallest absolute Gasteiger partial charge is 0.231 e. The third-order valence-electron chi connectivity index (χ3n) is 5.11. The van der Waals surface area contributed by atoms with E-state index in [1.54, 1.807) is 23.3 Å². The van der Waals surface area contributed by atoms with Gasteiger partial charge in [-0.2, -0.15) is 0 Å². The summed E-state index contributed by atoms with van der Waals surface area (Å²) in [6.45, 7) is 2.31. The topological polar surface area (TPSA) is 84.4 Å². The Hall–Kier alpha value is -3.04. The molecule has 1 saturated heterocycles. The number of carbonyl (C=O) groups excluding carboxylic acids is 2. The summed E-state index contributed by atoms with van der Waals surface area (Å²) in [5.74, 6) is 0.0678. The van der Waals surface area contributed by atoms with Crippen LogP contribution in [0.1, 0.15) is 11.4 Å². The minimum atomic E-state index is -0.424. The Labute approximate surface area is 180 Å². The maximum absolute atomic E-state index is 12.8. The maximum atomic E-state index is 12.8. The molecular weight excluding hydrogens is 420 g/mol. The normalized spacial score (nSPS) is 16.5. The lowest BCUT2D eigenvalue weighted by Crippen LogP contribution is -2.28. The molecule has 1 aliphatic rings. The fourth-order valence-corrected chi connectivity index (χ4v) is 5.33. The van der Waals surface area contributed by atoms with Crippen LogP contribution in [0.3, 0.4) is 0 Å². The lowest BCUT2D eigenvalue weighted by molar-refractivity contribution is -0.122. The lowest BCUT2D eigenvalue weighted by Gasteiger charge is -2.16. The third-order valence-corrected chi connectivity index (χ3v) is 7.00. The Morgan fingerprint density at radius 3 is 2.83 bits per heavy atom. The van der Waals surface area contributed by atoms with E-state index < -0.39 is 5.92 Å². The Morgan fingerprint density at radius 1 is 1.13 bits per heavy atom. The predicted octanol–water partition coefficient (Wildman–Crippen LogP) is 4.21. The van der Waals surface area contributed by atoms with Gasteiger partial charge >= 0.3 is 0 Å². The van der Waals surface area contributed by atoms with E-state index in [1.165, 1.54) is 11.3 Å². The van der Waals surface area contributed by atoms with Crippen molar-refractivity contribution in [2.24, 2.45) is 5.92 Å². The molecule has 4 aromatic rings. The minimum absolute atomic E-state index is 0.0597. The molecule has 5 rings (SSSR count). The largest absolute Gasteiger partial charge is 0.497 e. The van der Waals surface area contributed by atoms with Gasteiger partial charge in [-0.05, 0) is 43.3 Å². The van der Waals surface area contributed by atoms with E-state index in [1.807, 2.05) is 43.3 Å². The average Bonchev–Trinajstić information content (AvgIpc) is 3.41. The van der Waals surface area contributed by atoms with Crippen molar-refractivity contribution in [2.45, 2.75) is 13.3 Å². The number of nitrogens with one attached hydrogen (secondary N) is 1. The van der Waals surface area contributed by atoms with E-state index >= 15 is 0 Å². The first-order valence-electron chi connectivity index (χ1n) is 9.43. The average molecular weight is 439 g/mol. The Kier molecular flexibility index (Phi) is 4.63. The number of aromatic nitrogens is 2. The number of aryl methyl sites for hydroxylation is 1. The van der Waals surface area contributed by atoms with Gasteiger partial charge in [-0.1, -0.05) is 11.3 Å². The van der Waals surface area contributed by atoms with Gasteiger partial charge < -0.3 is 15.0 Å². The van der Waals surface area contributed by atoms with Crippen LogP contribution in [-0.4, -0.2) is 35.4 Å².